The molecule has 5 heteroatoms. The summed E-state index contributed by atoms with van der Waals surface area (Å²) < 4.78 is 9.83. The lowest BCUT2D eigenvalue weighted by Gasteiger charge is -2.29. The van der Waals surface area contributed by atoms with Gasteiger partial charge in [0.25, 0.3) is 0 Å². The van der Waals surface area contributed by atoms with Gasteiger partial charge < -0.3 is 9.30 Å². The van der Waals surface area contributed by atoms with E-state index >= 15 is 0 Å². The first-order chi connectivity index (χ1) is 8.81. The topological polar surface area (TPSA) is 44.9 Å². The highest BCUT2D eigenvalue weighted by Crippen LogP contribution is 2.32. The van der Waals surface area contributed by atoms with E-state index in [2.05, 4.69) is 14.6 Å². The Hall–Kier alpha value is -1.62. The van der Waals surface area contributed by atoms with Crippen molar-refractivity contribution in [3.8, 4) is 0 Å². The van der Waals surface area contributed by atoms with Gasteiger partial charge in [0, 0.05) is 44.4 Å². The molecular formula is C13H18N4O. The van der Waals surface area contributed by atoms with Crippen molar-refractivity contribution in [1.82, 2.24) is 19.3 Å². The molecule has 1 fully saturated rings. The van der Waals surface area contributed by atoms with Crippen LogP contribution in [0.25, 0.3) is 0 Å². The molecule has 3 heterocycles. The standard InChI is InChI=1S/C13H18N4O/c1-16-9-12(7-15-16)13-6-11(2-5-18-13)8-17-4-3-14-10-17/h3-4,7,9-11,13H,2,5-6,8H2,1H3. The number of hydrogen-bond acceptors (Lipinski definition) is 3. The molecule has 2 aromatic heterocycles. The van der Waals surface area contributed by atoms with Crippen molar-refractivity contribution < 1.29 is 4.74 Å². The molecule has 3 rings (SSSR count). The summed E-state index contributed by atoms with van der Waals surface area (Å²) in [5.74, 6) is 0.651. The summed E-state index contributed by atoms with van der Waals surface area (Å²) in [4.78, 5) is 4.09. The molecular weight excluding hydrogens is 228 g/mol. The van der Waals surface area contributed by atoms with Crippen LogP contribution in [0.4, 0.5) is 0 Å². The van der Waals surface area contributed by atoms with Gasteiger partial charge >= 0.3 is 0 Å². The molecule has 0 bridgehead atoms. The normalized spacial score (nSPS) is 24.3. The molecule has 0 amide bonds. The lowest BCUT2D eigenvalue weighted by Crippen LogP contribution is -2.22. The van der Waals surface area contributed by atoms with Crippen LogP contribution >= 0.6 is 0 Å². The van der Waals surface area contributed by atoms with Gasteiger partial charge in [-0.25, -0.2) is 4.98 Å². The van der Waals surface area contributed by atoms with Crippen LogP contribution in [0.3, 0.4) is 0 Å². The lowest BCUT2D eigenvalue weighted by atomic mass is 9.93. The molecule has 96 valence electrons. The quantitative estimate of drug-likeness (QED) is 0.829. The molecule has 0 aliphatic carbocycles. The van der Waals surface area contributed by atoms with Gasteiger partial charge in [0.15, 0.2) is 0 Å². The molecule has 5 nitrogen and oxygen atoms in total. The largest absolute Gasteiger partial charge is 0.373 e. The van der Waals surface area contributed by atoms with E-state index in [1.165, 1.54) is 5.56 Å². The summed E-state index contributed by atoms with van der Waals surface area (Å²) in [6.07, 6.45) is 12.1. The van der Waals surface area contributed by atoms with Crippen molar-refractivity contribution in [3.63, 3.8) is 0 Å². The van der Waals surface area contributed by atoms with Crippen molar-refractivity contribution in [2.45, 2.75) is 25.5 Å². The minimum atomic E-state index is 0.195. The molecule has 0 N–H and O–H groups in total. The van der Waals surface area contributed by atoms with Gasteiger partial charge in [0.2, 0.25) is 0 Å². The first kappa shape index (κ1) is 11.5. The van der Waals surface area contributed by atoms with Crippen LogP contribution in [0.1, 0.15) is 24.5 Å². The zero-order valence-corrected chi connectivity index (χ0v) is 10.6. The van der Waals surface area contributed by atoms with E-state index in [1.54, 1.807) is 0 Å². The fourth-order valence-electron chi connectivity index (χ4n) is 2.56. The van der Waals surface area contributed by atoms with Gasteiger partial charge in [0.05, 0.1) is 18.6 Å². The van der Waals surface area contributed by atoms with Gasteiger partial charge in [-0.3, -0.25) is 4.68 Å². The number of aromatic nitrogens is 4. The van der Waals surface area contributed by atoms with Gasteiger partial charge in [-0.2, -0.15) is 5.10 Å². The van der Waals surface area contributed by atoms with Crippen molar-refractivity contribution in [2.75, 3.05) is 6.61 Å². The van der Waals surface area contributed by atoms with E-state index in [4.69, 9.17) is 4.74 Å². The molecule has 2 aromatic rings. The smallest absolute Gasteiger partial charge is 0.0945 e. The maximum Gasteiger partial charge on any atom is 0.0945 e. The number of ether oxygens (including phenoxy) is 1. The third kappa shape index (κ3) is 2.46. The van der Waals surface area contributed by atoms with Crippen molar-refractivity contribution >= 4 is 0 Å². The molecule has 1 aliphatic heterocycles. The van der Waals surface area contributed by atoms with Crippen LogP contribution < -0.4 is 0 Å². The Morgan fingerprint density at radius 1 is 1.50 bits per heavy atom. The van der Waals surface area contributed by atoms with Gasteiger partial charge in [0.1, 0.15) is 0 Å². The van der Waals surface area contributed by atoms with E-state index < -0.39 is 0 Å². The molecule has 1 aliphatic rings. The number of aryl methyl sites for hydroxylation is 1. The Labute approximate surface area is 106 Å². The van der Waals surface area contributed by atoms with Crippen molar-refractivity contribution in [1.29, 1.82) is 0 Å². The molecule has 0 aromatic carbocycles. The summed E-state index contributed by atoms with van der Waals surface area (Å²) in [7, 11) is 1.94. The Kier molecular flexibility index (Phi) is 3.15. The third-order valence-corrected chi connectivity index (χ3v) is 3.52. The number of imidazole rings is 1. The predicted molar refractivity (Wildman–Crippen MR) is 66.9 cm³/mol. The summed E-state index contributed by atoms with van der Waals surface area (Å²) in [5, 5.41) is 4.21. The van der Waals surface area contributed by atoms with Crippen molar-refractivity contribution in [2.24, 2.45) is 13.0 Å². The molecule has 0 saturated carbocycles. The maximum absolute atomic E-state index is 5.85. The molecule has 18 heavy (non-hydrogen) atoms. The Morgan fingerprint density at radius 3 is 3.17 bits per heavy atom. The Morgan fingerprint density at radius 2 is 2.44 bits per heavy atom. The SMILES string of the molecule is Cn1cc(C2CC(Cn3ccnc3)CCO2)cn1. The van der Waals surface area contributed by atoms with Crippen molar-refractivity contribution in [3.05, 3.63) is 36.7 Å². The fraction of sp³-hybridized carbons (Fsp3) is 0.538. The van der Waals surface area contributed by atoms with Crippen LogP contribution in [0.15, 0.2) is 31.1 Å². The van der Waals surface area contributed by atoms with E-state index in [0.29, 0.717) is 5.92 Å². The number of hydrogen-bond donors (Lipinski definition) is 0. The summed E-state index contributed by atoms with van der Waals surface area (Å²) >= 11 is 0. The second-order valence-corrected chi connectivity index (χ2v) is 4.96. The second kappa shape index (κ2) is 4.94. The molecule has 1 saturated heterocycles. The first-order valence-electron chi connectivity index (χ1n) is 6.37. The summed E-state index contributed by atoms with van der Waals surface area (Å²) in [5.41, 5.74) is 1.19. The molecule has 2 unspecified atom stereocenters. The Bertz CT molecular complexity index is 491. The maximum atomic E-state index is 5.85. The minimum absolute atomic E-state index is 0.195. The van der Waals surface area contributed by atoms with Gasteiger partial charge in [-0.15, -0.1) is 0 Å². The summed E-state index contributed by atoms with van der Waals surface area (Å²) in [6, 6.07) is 0. The van der Waals surface area contributed by atoms with Crippen LogP contribution in [0.5, 0.6) is 0 Å². The predicted octanol–water partition coefficient (Wildman–Crippen LogP) is 1.78. The van der Waals surface area contributed by atoms with E-state index in [-0.39, 0.29) is 6.10 Å². The summed E-state index contributed by atoms with van der Waals surface area (Å²) in [6.45, 7) is 1.86. The zero-order chi connectivity index (χ0) is 12.4. The minimum Gasteiger partial charge on any atom is -0.373 e. The fourth-order valence-corrected chi connectivity index (χ4v) is 2.56. The number of rotatable bonds is 3. The van der Waals surface area contributed by atoms with Gasteiger partial charge in [-0.05, 0) is 18.8 Å². The average Bonchev–Trinajstić information content (AvgIpc) is 3.01. The lowest BCUT2D eigenvalue weighted by molar-refractivity contribution is -0.0139. The van der Waals surface area contributed by atoms with E-state index in [9.17, 15) is 0 Å². The second-order valence-electron chi connectivity index (χ2n) is 4.96. The molecule has 2 atom stereocenters. The highest BCUT2D eigenvalue weighted by atomic mass is 16.5. The van der Waals surface area contributed by atoms with E-state index in [1.807, 2.05) is 42.8 Å². The van der Waals surface area contributed by atoms with Crippen LogP contribution in [0, 0.1) is 5.92 Å². The first-order valence-corrected chi connectivity index (χ1v) is 6.37. The highest BCUT2D eigenvalue weighted by molar-refractivity contribution is 5.09. The van der Waals surface area contributed by atoms with Crippen LogP contribution in [-0.2, 0) is 18.3 Å². The third-order valence-electron chi connectivity index (χ3n) is 3.52. The van der Waals surface area contributed by atoms with Gasteiger partial charge in [-0.1, -0.05) is 0 Å². The molecule has 0 spiro atoms. The van der Waals surface area contributed by atoms with E-state index in [0.717, 1.165) is 26.0 Å². The monoisotopic (exact) mass is 246 g/mol. The zero-order valence-electron chi connectivity index (χ0n) is 10.6. The van der Waals surface area contributed by atoms with Crippen LogP contribution in [0.2, 0.25) is 0 Å². The highest BCUT2D eigenvalue weighted by Gasteiger charge is 2.24. The van der Waals surface area contributed by atoms with Crippen LogP contribution in [-0.4, -0.2) is 25.9 Å². The average molecular weight is 246 g/mol. The molecule has 0 radical (unpaired) electrons. The Balaban J connectivity index is 1.65. The number of nitrogens with zero attached hydrogens (tertiary/aromatic N) is 4.